The Hall–Kier alpha value is -1.59. The van der Waals surface area contributed by atoms with Crippen LogP contribution in [-0.4, -0.2) is 29.7 Å². The first kappa shape index (κ1) is 14.4. The predicted octanol–water partition coefficient (Wildman–Crippen LogP) is 3.17. The zero-order valence-corrected chi connectivity index (χ0v) is 12.9. The van der Waals surface area contributed by atoms with Crippen molar-refractivity contribution in [2.45, 2.75) is 26.4 Å². The molecule has 21 heavy (non-hydrogen) atoms. The molecule has 0 N–H and O–H groups in total. The van der Waals surface area contributed by atoms with Crippen molar-refractivity contribution in [2.24, 2.45) is 0 Å². The Morgan fingerprint density at radius 3 is 3.00 bits per heavy atom. The second-order valence-electron chi connectivity index (χ2n) is 5.04. The lowest BCUT2D eigenvalue weighted by Crippen LogP contribution is -2.39. The van der Waals surface area contributed by atoms with E-state index in [9.17, 15) is 0 Å². The molecule has 1 aliphatic rings. The van der Waals surface area contributed by atoms with Crippen molar-refractivity contribution in [2.75, 3.05) is 24.6 Å². The molecule has 2 aromatic rings. The lowest BCUT2D eigenvalue weighted by Gasteiger charge is -2.34. The molecule has 1 atom stereocenters. The van der Waals surface area contributed by atoms with Crippen molar-refractivity contribution >= 4 is 17.4 Å². The molecule has 1 unspecified atom stereocenters. The van der Waals surface area contributed by atoms with E-state index in [1.54, 1.807) is 6.26 Å². The predicted molar refractivity (Wildman–Crippen MR) is 80.8 cm³/mol. The average Bonchev–Trinajstić information content (AvgIpc) is 3.01. The first-order chi connectivity index (χ1) is 10.2. The lowest BCUT2D eigenvalue weighted by molar-refractivity contribution is 0.0254. The van der Waals surface area contributed by atoms with Gasteiger partial charge in [-0.05, 0) is 25.5 Å². The van der Waals surface area contributed by atoms with Crippen molar-refractivity contribution < 1.29 is 9.15 Å². The van der Waals surface area contributed by atoms with Gasteiger partial charge >= 0.3 is 0 Å². The van der Waals surface area contributed by atoms with E-state index in [2.05, 4.69) is 21.8 Å². The van der Waals surface area contributed by atoms with Gasteiger partial charge in [-0.2, -0.15) is 0 Å². The van der Waals surface area contributed by atoms with Crippen LogP contribution in [-0.2, 0) is 11.2 Å². The summed E-state index contributed by atoms with van der Waals surface area (Å²) >= 11 is 6.26. The molecule has 0 saturated carbocycles. The number of hydrogen-bond donors (Lipinski definition) is 0. The first-order valence-electron chi connectivity index (χ1n) is 7.12. The highest BCUT2D eigenvalue weighted by atomic mass is 35.5. The van der Waals surface area contributed by atoms with Crippen LogP contribution in [0.5, 0.6) is 0 Å². The SMILES string of the molecule is CCc1c(Cl)nc(C)nc1N1CCOC(c2ccco2)C1. The van der Waals surface area contributed by atoms with Crippen LogP contribution in [0, 0.1) is 6.92 Å². The third-order valence-corrected chi connectivity index (χ3v) is 3.94. The summed E-state index contributed by atoms with van der Waals surface area (Å²) in [5.41, 5.74) is 0.988. The maximum atomic E-state index is 6.26. The molecule has 1 fully saturated rings. The second-order valence-corrected chi connectivity index (χ2v) is 5.40. The van der Waals surface area contributed by atoms with Gasteiger partial charge in [-0.1, -0.05) is 18.5 Å². The highest BCUT2D eigenvalue weighted by Gasteiger charge is 2.27. The van der Waals surface area contributed by atoms with E-state index >= 15 is 0 Å². The monoisotopic (exact) mass is 307 g/mol. The standard InChI is InChI=1S/C15H18ClN3O2/c1-3-11-14(16)17-10(2)18-15(11)19-6-8-21-13(9-19)12-5-4-7-20-12/h4-5,7,13H,3,6,8-9H2,1-2H3. The Labute approximate surface area is 128 Å². The molecule has 2 aromatic heterocycles. The van der Waals surface area contributed by atoms with Crippen molar-refractivity contribution in [3.8, 4) is 0 Å². The quantitative estimate of drug-likeness (QED) is 0.815. The number of ether oxygens (including phenoxy) is 1. The van der Waals surface area contributed by atoms with Crippen molar-refractivity contribution in [1.29, 1.82) is 0 Å². The molecule has 3 rings (SSSR count). The average molecular weight is 308 g/mol. The Kier molecular flexibility index (Phi) is 4.12. The summed E-state index contributed by atoms with van der Waals surface area (Å²) in [6.07, 6.45) is 2.39. The van der Waals surface area contributed by atoms with Crippen molar-refractivity contribution in [3.05, 3.63) is 40.7 Å². The van der Waals surface area contributed by atoms with E-state index in [-0.39, 0.29) is 6.10 Å². The lowest BCUT2D eigenvalue weighted by atomic mass is 10.1. The summed E-state index contributed by atoms with van der Waals surface area (Å²) in [5.74, 6) is 2.44. The van der Waals surface area contributed by atoms with Crippen LogP contribution in [0.25, 0.3) is 0 Å². The summed E-state index contributed by atoms with van der Waals surface area (Å²) in [6, 6.07) is 3.81. The van der Waals surface area contributed by atoms with Gasteiger partial charge in [-0.15, -0.1) is 0 Å². The molecule has 0 radical (unpaired) electrons. The summed E-state index contributed by atoms with van der Waals surface area (Å²) in [6.45, 7) is 6.05. The molecule has 112 valence electrons. The zero-order valence-electron chi connectivity index (χ0n) is 12.2. The third kappa shape index (κ3) is 2.89. The van der Waals surface area contributed by atoms with E-state index in [1.807, 2.05) is 19.1 Å². The highest BCUT2D eigenvalue weighted by Crippen LogP contribution is 2.30. The zero-order chi connectivity index (χ0) is 14.8. The molecule has 1 aliphatic heterocycles. The highest BCUT2D eigenvalue weighted by molar-refractivity contribution is 6.30. The minimum Gasteiger partial charge on any atom is -0.467 e. The number of hydrogen-bond acceptors (Lipinski definition) is 5. The number of nitrogens with zero attached hydrogens (tertiary/aromatic N) is 3. The van der Waals surface area contributed by atoms with Crippen LogP contribution in [0.2, 0.25) is 5.15 Å². The fraction of sp³-hybridized carbons (Fsp3) is 0.467. The molecule has 1 saturated heterocycles. The van der Waals surface area contributed by atoms with Crippen LogP contribution in [0.15, 0.2) is 22.8 Å². The van der Waals surface area contributed by atoms with Gasteiger partial charge in [0.1, 0.15) is 28.7 Å². The minimum absolute atomic E-state index is 0.0764. The normalized spacial score (nSPS) is 19.0. The smallest absolute Gasteiger partial charge is 0.138 e. The Morgan fingerprint density at radius 1 is 1.43 bits per heavy atom. The van der Waals surface area contributed by atoms with E-state index < -0.39 is 0 Å². The number of halogens is 1. The summed E-state index contributed by atoms with van der Waals surface area (Å²) in [7, 11) is 0. The third-order valence-electron chi connectivity index (χ3n) is 3.63. The topological polar surface area (TPSA) is 51.4 Å². The number of aromatic nitrogens is 2. The number of morpholine rings is 1. The van der Waals surface area contributed by atoms with Crippen LogP contribution in [0.1, 0.15) is 30.2 Å². The molecule has 5 nitrogen and oxygen atoms in total. The van der Waals surface area contributed by atoms with Gasteiger partial charge in [0.05, 0.1) is 19.4 Å². The van der Waals surface area contributed by atoms with Gasteiger partial charge in [0, 0.05) is 12.1 Å². The Balaban J connectivity index is 1.90. The van der Waals surface area contributed by atoms with Gasteiger partial charge in [0.15, 0.2) is 0 Å². The summed E-state index contributed by atoms with van der Waals surface area (Å²) < 4.78 is 11.2. The molecular formula is C15H18ClN3O2. The maximum Gasteiger partial charge on any atom is 0.138 e. The molecule has 0 aliphatic carbocycles. The molecule has 6 heteroatoms. The minimum atomic E-state index is -0.0764. The maximum absolute atomic E-state index is 6.26. The van der Waals surface area contributed by atoms with Gasteiger partial charge in [-0.3, -0.25) is 0 Å². The van der Waals surface area contributed by atoms with Gasteiger partial charge < -0.3 is 14.1 Å². The van der Waals surface area contributed by atoms with Gasteiger partial charge in [0.2, 0.25) is 0 Å². The molecular weight excluding hydrogens is 290 g/mol. The van der Waals surface area contributed by atoms with Crippen LogP contribution >= 0.6 is 11.6 Å². The fourth-order valence-electron chi connectivity index (χ4n) is 2.60. The Morgan fingerprint density at radius 2 is 2.29 bits per heavy atom. The second kappa shape index (κ2) is 6.03. The van der Waals surface area contributed by atoms with Crippen LogP contribution in [0.3, 0.4) is 0 Å². The molecule has 0 amide bonds. The van der Waals surface area contributed by atoms with Crippen LogP contribution in [0.4, 0.5) is 5.82 Å². The fourth-order valence-corrected chi connectivity index (χ4v) is 2.94. The Bertz CT molecular complexity index is 616. The number of aryl methyl sites for hydroxylation is 1. The van der Waals surface area contributed by atoms with E-state index in [0.717, 1.165) is 30.1 Å². The summed E-state index contributed by atoms with van der Waals surface area (Å²) in [5, 5.41) is 0.543. The van der Waals surface area contributed by atoms with Gasteiger partial charge in [0.25, 0.3) is 0 Å². The van der Waals surface area contributed by atoms with Crippen molar-refractivity contribution in [1.82, 2.24) is 9.97 Å². The van der Waals surface area contributed by atoms with Gasteiger partial charge in [-0.25, -0.2) is 9.97 Å². The first-order valence-corrected chi connectivity index (χ1v) is 7.49. The van der Waals surface area contributed by atoms with E-state index in [0.29, 0.717) is 24.1 Å². The molecule has 0 spiro atoms. The molecule has 0 bridgehead atoms. The van der Waals surface area contributed by atoms with Crippen molar-refractivity contribution in [3.63, 3.8) is 0 Å². The van der Waals surface area contributed by atoms with Crippen LogP contribution < -0.4 is 4.90 Å². The molecule has 0 aromatic carbocycles. The number of furan rings is 1. The molecule has 3 heterocycles. The largest absolute Gasteiger partial charge is 0.467 e. The number of anilines is 1. The van der Waals surface area contributed by atoms with E-state index in [1.165, 1.54) is 0 Å². The van der Waals surface area contributed by atoms with E-state index in [4.69, 9.17) is 20.8 Å². The summed E-state index contributed by atoms with van der Waals surface area (Å²) in [4.78, 5) is 11.0. The number of rotatable bonds is 3.